The Morgan fingerprint density at radius 1 is 1.19 bits per heavy atom. The van der Waals surface area contributed by atoms with E-state index >= 15 is 0 Å². The molecule has 2 aromatic carbocycles. The fourth-order valence-corrected chi connectivity index (χ4v) is 4.02. The fourth-order valence-electron chi connectivity index (χ4n) is 3.19. The third-order valence-electron chi connectivity index (χ3n) is 4.93. The second-order valence-corrected chi connectivity index (χ2v) is 8.74. The first-order chi connectivity index (χ1) is 14.8. The minimum absolute atomic E-state index is 0.0878. The Balaban J connectivity index is 1.59. The highest BCUT2D eigenvalue weighted by molar-refractivity contribution is 7.99. The molecular formula is C23H27ClN4O2S. The summed E-state index contributed by atoms with van der Waals surface area (Å²) in [4.78, 5) is 12.3. The molecule has 0 saturated carbocycles. The number of nitrogens with one attached hydrogen (secondary N) is 1. The minimum Gasteiger partial charge on any atom is -0.483 e. The van der Waals surface area contributed by atoms with Gasteiger partial charge >= 0.3 is 0 Å². The molecule has 0 saturated heterocycles. The molecule has 0 aliphatic rings. The van der Waals surface area contributed by atoms with Crippen molar-refractivity contribution >= 4 is 35.0 Å². The van der Waals surface area contributed by atoms with Gasteiger partial charge in [-0.1, -0.05) is 42.4 Å². The topological polar surface area (TPSA) is 69.0 Å². The molecule has 1 N–H and O–H groups in total. The molecule has 6 nitrogen and oxygen atoms in total. The van der Waals surface area contributed by atoms with Crippen molar-refractivity contribution < 1.29 is 9.53 Å². The smallest absolute Gasteiger partial charge is 0.234 e. The van der Waals surface area contributed by atoms with Gasteiger partial charge in [0.05, 0.1) is 5.75 Å². The third kappa shape index (κ3) is 5.80. The number of ether oxygens (including phenoxy) is 1. The van der Waals surface area contributed by atoms with Gasteiger partial charge in [-0.05, 0) is 68.1 Å². The summed E-state index contributed by atoms with van der Waals surface area (Å²) in [5, 5.41) is 12.8. The van der Waals surface area contributed by atoms with Crippen molar-refractivity contribution in [2.75, 3.05) is 11.1 Å². The van der Waals surface area contributed by atoms with Crippen LogP contribution in [0.5, 0.6) is 5.75 Å². The van der Waals surface area contributed by atoms with Gasteiger partial charge in [0.2, 0.25) is 5.91 Å². The van der Waals surface area contributed by atoms with E-state index in [1.54, 1.807) is 0 Å². The molecule has 31 heavy (non-hydrogen) atoms. The molecule has 1 heterocycles. The van der Waals surface area contributed by atoms with Gasteiger partial charge in [0.15, 0.2) is 17.1 Å². The lowest BCUT2D eigenvalue weighted by Crippen LogP contribution is -2.15. The SMILES string of the molecule is CCc1ccc(NC(=O)CSc2nnc(C(C)Oc3cc(C)c(Cl)c(C)c3)n2C)cc1. The number of thioether (sulfide) groups is 1. The quantitative estimate of drug-likeness (QED) is 0.450. The normalized spacial score (nSPS) is 11.9. The first-order valence-corrected chi connectivity index (χ1v) is 11.5. The highest BCUT2D eigenvalue weighted by Gasteiger charge is 2.18. The van der Waals surface area contributed by atoms with Crippen LogP contribution in [0.15, 0.2) is 41.6 Å². The number of rotatable bonds is 8. The zero-order valence-electron chi connectivity index (χ0n) is 18.4. The minimum atomic E-state index is -0.308. The molecule has 0 aliphatic carbocycles. The number of anilines is 1. The van der Waals surface area contributed by atoms with Crippen molar-refractivity contribution in [3.05, 3.63) is 63.9 Å². The van der Waals surface area contributed by atoms with Crippen molar-refractivity contribution in [3.63, 3.8) is 0 Å². The monoisotopic (exact) mass is 458 g/mol. The molecular weight excluding hydrogens is 432 g/mol. The summed E-state index contributed by atoms with van der Waals surface area (Å²) >= 11 is 7.58. The lowest BCUT2D eigenvalue weighted by molar-refractivity contribution is -0.113. The molecule has 164 valence electrons. The molecule has 1 atom stereocenters. The van der Waals surface area contributed by atoms with Crippen LogP contribution in [0.3, 0.4) is 0 Å². The molecule has 8 heteroatoms. The summed E-state index contributed by atoms with van der Waals surface area (Å²) in [6, 6.07) is 11.7. The fraction of sp³-hybridized carbons (Fsp3) is 0.348. The van der Waals surface area contributed by atoms with Crippen LogP contribution in [0.1, 0.15) is 42.5 Å². The molecule has 0 bridgehead atoms. The van der Waals surface area contributed by atoms with E-state index in [2.05, 4.69) is 22.4 Å². The third-order valence-corrected chi connectivity index (χ3v) is 6.55. The zero-order valence-corrected chi connectivity index (χ0v) is 20.0. The van der Waals surface area contributed by atoms with Gasteiger partial charge in [-0.25, -0.2) is 0 Å². The van der Waals surface area contributed by atoms with Crippen LogP contribution < -0.4 is 10.1 Å². The van der Waals surface area contributed by atoms with E-state index in [4.69, 9.17) is 16.3 Å². The molecule has 3 aromatic rings. The first-order valence-electron chi connectivity index (χ1n) is 10.1. The lowest BCUT2D eigenvalue weighted by atomic mass is 10.1. The molecule has 1 amide bonds. The van der Waals surface area contributed by atoms with Gasteiger partial charge in [-0.15, -0.1) is 10.2 Å². The van der Waals surface area contributed by atoms with Gasteiger partial charge in [0.25, 0.3) is 0 Å². The predicted octanol–water partition coefficient (Wildman–Crippen LogP) is 5.52. The number of aryl methyl sites for hydroxylation is 3. The van der Waals surface area contributed by atoms with Gasteiger partial charge in [-0.2, -0.15) is 0 Å². The summed E-state index contributed by atoms with van der Waals surface area (Å²) < 4.78 is 7.92. The summed E-state index contributed by atoms with van der Waals surface area (Å²) in [7, 11) is 1.87. The van der Waals surface area contributed by atoms with Gasteiger partial charge in [-0.3, -0.25) is 4.79 Å². The van der Waals surface area contributed by atoms with Crippen molar-refractivity contribution in [1.82, 2.24) is 14.8 Å². The second-order valence-electron chi connectivity index (χ2n) is 7.42. The van der Waals surface area contributed by atoms with Crippen LogP contribution in [0.2, 0.25) is 5.02 Å². The largest absolute Gasteiger partial charge is 0.483 e. The van der Waals surface area contributed by atoms with Crippen LogP contribution in [0, 0.1) is 13.8 Å². The van der Waals surface area contributed by atoms with Gasteiger partial charge in [0.1, 0.15) is 5.75 Å². The van der Waals surface area contributed by atoms with E-state index in [1.165, 1.54) is 17.3 Å². The molecule has 0 spiro atoms. The van der Waals surface area contributed by atoms with E-state index in [1.807, 2.05) is 68.8 Å². The number of hydrogen-bond donors (Lipinski definition) is 1. The van der Waals surface area contributed by atoms with Crippen LogP contribution >= 0.6 is 23.4 Å². The Kier molecular flexibility index (Phi) is 7.62. The summed E-state index contributed by atoms with van der Waals surface area (Å²) in [6.07, 6.45) is 0.663. The molecule has 0 radical (unpaired) electrons. The van der Waals surface area contributed by atoms with Crippen LogP contribution in [0.4, 0.5) is 5.69 Å². The number of benzene rings is 2. The lowest BCUT2D eigenvalue weighted by Gasteiger charge is -2.16. The maximum atomic E-state index is 12.3. The highest BCUT2D eigenvalue weighted by atomic mass is 35.5. The van der Waals surface area contributed by atoms with Crippen molar-refractivity contribution in [3.8, 4) is 5.75 Å². The maximum Gasteiger partial charge on any atom is 0.234 e. The molecule has 0 aliphatic heterocycles. The predicted molar refractivity (Wildman–Crippen MR) is 126 cm³/mol. The standard InChI is InChI=1S/C23H27ClN4O2S/c1-6-17-7-9-18(10-8-17)25-20(29)13-31-23-27-26-22(28(23)5)16(4)30-19-11-14(2)21(24)15(3)12-19/h7-12,16H,6,13H2,1-5H3,(H,25,29). The molecule has 0 fully saturated rings. The van der Waals surface area contributed by atoms with Crippen LogP contribution in [-0.2, 0) is 18.3 Å². The van der Waals surface area contributed by atoms with Crippen molar-refractivity contribution in [2.45, 2.75) is 45.4 Å². The molecule has 3 rings (SSSR count). The zero-order chi connectivity index (χ0) is 22.5. The van der Waals surface area contributed by atoms with Gasteiger partial charge < -0.3 is 14.6 Å². The molecule has 1 aromatic heterocycles. The summed E-state index contributed by atoms with van der Waals surface area (Å²) in [5.74, 6) is 1.57. The Morgan fingerprint density at radius 2 is 1.84 bits per heavy atom. The Morgan fingerprint density at radius 3 is 2.45 bits per heavy atom. The summed E-state index contributed by atoms with van der Waals surface area (Å²) in [6.45, 7) is 7.92. The Bertz CT molecular complexity index is 1040. The van der Waals surface area contributed by atoms with E-state index in [0.717, 1.165) is 34.0 Å². The number of hydrogen-bond acceptors (Lipinski definition) is 5. The second kappa shape index (κ2) is 10.2. The van der Waals surface area contributed by atoms with E-state index < -0.39 is 0 Å². The van der Waals surface area contributed by atoms with Crippen molar-refractivity contribution in [1.29, 1.82) is 0 Å². The number of amides is 1. The number of nitrogens with zero attached hydrogens (tertiary/aromatic N) is 3. The van der Waals surface area contributed by atoms with E-state index in [9.17, 15) is 4.79 Å². The highest BCUT2D eigenvalue weighted by Crippen LogP contribution is 2.29. The Hall–Kier alpha value is -2.51. The van der Waals surface area contributed by atoms with Crippen molar-refractivity contribution in [2.24, 2.45) is 7.05 Å². The number of halogens is 1. The Labute approximate surface area is 192 Å². The van der Waals surface area contributed by atoms with Crippen LogP contribution in [-0.4, -0.2) is 26.4 Å². The average Bonchev–Trinajstić information content (AvgIpc) is 3.11. The van der Waals surface area contributed by atoms with E-state index in [-0.39, 0.29) is 17.8 Å². The maximum absolute atomic E-state index is 12.3. The number of aromatic nitrogens is 3. The summed E-state index contributed by atoms with van der Waals surface area (Å²) in [5.41, 5.74) is 3.96. The van der Waals surface area contributed by atoms with Crippen LogP contribution in [0.25, 0.3) is 0 Å². The first kappa shape index (κ1) is 23.2. The van der Waals surface area contributed by atoms with Gasteiger partial charge in [0, 0.05) is 17.8 Å². The number of carbonyl (C=O) groups excluding carboxylic acids is 1. The van der Waals surface area contributed by atoms with E-state index in [0.29, 0.717) is 11.0 Å². The average molecular weight is 459 g/mol. The molecule has 1 unspecified atom stereocenters. The number of carbonyl (C=O) groups is 1.